The molecule has 2 saturated heterocycles. The van der Waals surface area contributed by atoms with Gasteiger partial charge in [0.1, 0.15) is 0 Å². The number of aromatic nitrogens is 3. The zero-order chi connectivity index (χ0) is 30.1. The van der Waals surface area contributed by atoms with Crippen molar-refractivity contribution in [2.45, 2.75) is 82.4 Å². The Hall–Kier alpha value is -2.85. The highest BCUT2D eigenvalue weighted by Gasteiger charge is 2.37. The largest absolute Gasteiger partial charge is 0.421 e. The first-order valence-corrected chi connectivity index (χ1v) is 16.6. The molecule has 10 heteroatoms. The minimum Gasteiger partial charge on any atom is -0.421 e. The lowest BCUT2D eigenvalue weighted by Crippen LogP contribution is -2.39. The first-order valence-electron chi connectivity index (χ1n) is 15.6. The van der Waals surface area contributed by atoms with Gasteiger partial charge in [0.15, 0.2) is 11.6 Å². The molecule has 0 spiro atoms. The average Bonchev–Trinajstić information content (AvgIpc) is 3.64. The summed E-state index contributed by atoms with van der Waals surface area (Å²) in [5, 5.41) is 8.70. The molecule has 0 bridgehead atoms. The summed E-state index contributed by atoms with van der Waals surface area (Å²) in [5.74, 6) is 1.87. The van der Waals surface area contributed by atoms with Crippen LogP contribution in [0.3, 0.4) is 0 Å². The number of halogens is 2. The van der Waals surface area contributed by atoms with E-state index in [4.69, 9.17) is 14.1 Å². The Morgan fingerprint density at radius 2 is 1.86 bits per heavy atom. The van der Waals surface area contributed by atoms with Crippen molar-refractivity contribution >= 4 is 17.7 Å². The molecule has 3 aliphatic heterocycles. The number of amides is 1. The number of likely N-dealkylation sites (tertiary alicyclic amines) is 1. The molecule has 0 radical (unpaired) electrons. The van der Waals surface area contributed by atoms with E-state index in [2.05, 4.69) is 24.0 Å². The van der Waals surface area contributed by atoms with E-state index < -0.39 is 11.6 Å². The molecule has 6 rings (SSSR count). The average molecular weight is 611 g/mol. The number of carbonyl (C=O) groups is 1. The Kier molecular flexibility index (Phi) is 9.14. The van der Waals surface area contributed by atoms with E-state index in [0.717, 1.165) is 80.9 Å². The third-order valence-corrected chi connectivity index (χ3v) is 10.6. The van der Waals surface area contributed by atoms with Crippen LogP contribution in [-0.2, 0) is 22.4 Å². The highest BCUT2D eigenvalue weighted by molar-refractivity contribution is 7.99. The number of fused-ring (bicyclic) bond motifs is 1. The Morgan fingerprint density at radius 1 is 1.09 bits per heavy atom. The van der Waals surface area contributed by atoms with Crippen molar-refractivity contribution in [1.29, 1.82) is 0 Å². The fourth-order valence-corrected chi connectivity index (χ4v) is 8.42. The second-order valence-corrected chi connectivity index (χ2v) is 13.6. The van der Waals surface area contributed by atoms with Gasteiger partial charge in [-0.05, 0) is 79.5 Å². The summed E-state index contributed by atoms with van der Waals surface area (Å²) in [6.45, 7) is 9.21. The SMILES string of the molecule is Cc1nnc(-c2c(CCC3CCOCC3)nc3c(c2C2CCN(C(=O)Cc4ccc(F)c(F)c4)CC2)SCC3C(C)C)o1. The van der Waals surface area contributed by atoms with Gasteiger partial charge in [0.25, 0.3) is 0 Å². The smallest absolute Gasteiger partial charge is 0.249 e. The molecule has 0 N–H and O–H groups in total. The van der Waals surface area contributed by atoms with Gasteiger partial charge in [0, 0.05) is 49.8 Å². The maximum atomic E-state index is 13.7. The molecule has 2 aromatic heterocycles. The summed E-state index contributed by atoms with van der Waals surface area (Å²) in [6.07, 6.45) is 5.70. The van der Waals surface area contributed by atoms with Crippen LogP contribution in [0.4, 0.5) is 8.78 Å². The lowest BCUT2D eigenvalue weighted by Gasteiger charge is -2.34. The van der Waals surface area contributed by atoms with Gasteiger partial charge in [-0.25, -0.2) is 8.78 Å². The minimum absolute atomic E-state index is 0.0569. The Labute approximate surface area is 256 Å². The van der Waals surface area contributed by atoms with Crippen molar-refractivity contribution in [1.82, 2.24) is 20.1 Å². The van der Waals surface area contributed by atoms with E-state index in [-0.39, 0.29) is 18.2 Å². The summed E-state index contributed by atoms with van der Waals surface area (Å²) >= 11 is 1.89. The third-order valence-electron chi connectivity index (χ3n) is 9.32. The predicted octanol–water partition coefficient (Wildman–Crippen LogP) is 6.87. The van der Waals surface area contributed by atoms with Crippen LogP contribution < -0.4 is 0 Å². The van der Waals surface area contributed by atoms with Gasteiger partial charge < -0.3 is 14.1 Å². The second kappa shape index (κ2) is 13.0. The number of nitrogens with zero attached hydrogens (tertiary/aromatic N) is 4. The Bertz CT molecular complexity index is 1460. The standard InChI is InChI=1S/C33H40F2N4O3S/c1-19(2)24-18-43-32-29(23-8-12-39(13-9-23)28(40)17-22-4-6-25(34)26(35)16-22)30(33-38-37-20(3)42-33)27(36-31(24)32)7-5-21-10-14-41-15-11-21/h4,6,16,19,21,23-24H,5,7-15,17-18H2,1-3H3. The fourth-order valence-electron chi connectivity index (χ4n) is 6.76. The topological polar surface area (TPSA) is 81.4 Å². The lowest BCUT2D eigenvalue weighted by atomic mass is 9.82. The van der Waals surface area contributed by atoms with Gasteiger partial charge in [0.2, 0.25) is 17.7 Å². The quantitative estimate of drug-likeness (QED) is 0.275. The van der Waals surface area contributed by atoms with Crippen LogP contribution >= 0.6 is 11.8 Å². The van der Waals surface area contributed by atoms with E-state index in [1.165, 1.54) is 22.2 Å². The number of piperidine rings is 1. The molecule has 1 aromatic carbocycles. The summed E-state index contributed by atoms with van der Waals surface area (Å²) in [7, 11) is 0. The first-order chi connectivity index (χ1) is 20.8. The molecule has 0 saturated carbocycles. The number of rotatable bonds is 8. The van der Waals surface area contributed by atoms with Crippen molar-refractivity contribution < 1.29 is 22.7 Å². The van der Waals surface area contributed by atoms with Gasteiger partial charge >= 0.3 is 0 Å². The maximum Gasteiger partial charge on any atom is 0.249 e. The van der Waals surface area contributed by atoms with Crippen LogP contribution in [0, 0.1) is 30.4 Å². The number of benzene rings is 1. The van der Waals surface area contributed by atoms with Crippen LogP contribution in [0.15, 0.2) is 27.5 Å². The van der Waals surface area contributed by atoms with Crippen molar-refractivity contribution in [2.24, 2.45) is 11.8 Å². The van der Waals surface area contributed by atoms with Crippen LogP contribution in [0.25, 0.3) is 11.5 Å². The van der Waals surface area contributed by atoms with Gasteiger partial charge in [0.05, 0.1) is 23.4 Å². The predicted molar refractivity (Wildman–Crippen MR) is 161 cm³/mol. The monoisotopic (exact) mass is 610 g/mol. The molecule has 2 fully saturated rings. The lowest BCUT2D eigenvalue weighted by molar-refractivity contribution is -0.131. The van der Waals surface area contributed by atoms with Crippen molar-refractivity contribution in [3.8, 4) is 11.5 Å². The maximum absolute atomic E-state index is 13.7. The van der Waals surface area contributed by atoms with E-state index >= 15 is 0 Å². The van der Waals surface area contributed by atoms with Crippen LogP contribution in [-0.4, -0.2) is 58.0 Å². The summed E-state index contributed by atoms with van der Waals surface area (Å²) in [5.41, 5.74) is 4.99. The molecular weight excluding hydrogens is 570 g/mol. The molecule has 43 heavy (non-hydrogen) atoms. The number of hydrogen-bond donors (Lipinski definition) is 0. The number of aryl methyl sites for hydroxylation is 2. The van der Waals surface area contributed by atoms with Gasteiger partial charge in [-0.3, -0.25) is 9.78 Å². The molecule has 1 unspecified atom stereocenters. The van der Waals surface area contributed by atoms with E-state index in [0.29, 0.717) is 48.2 Å². The fraction of sp³-hybridized carbons (Fsp3) is 0.576. The Morgan fingerprint density at radius 3 is 2.53 bits per heavy atom. The zero-order valence-electron chi connectivity index (χ0n) is 25.2. The van der Waals surface area contributed by atoms with Crippen molar-refractivity contribution in [3.63, 3.8) is 0 Å². The summed E-state index contributed by atoms with van der Waals surface area (Å²) in [4.78, 5) is 21.6. The summed E-state index contributed by atoms with van der Waals surface area (Å²) < 4.78 is 38.8. The van der Waals surface area contributed by atoms with Gasteiger partial charge in [-0.1, -0.05) is 19.9 Å². The molecule has 3 aromatic rings. The number of ether oxygens (including phenoxy) is 1. The highest BCUT2D eigenvalue weighted by atomic mass is 32.2. The highest BCUT2D eigenvalue weighted by Crippen LogP contribution is 2.51. The number of hydrogen-bond acceptors (Lipinski definition) is 7. The number of thioether (sulfide) groups is 1. The van der Waals surface area contributed by atoms with Crippen LogP contribution in [0.2, 0.25) is 0 Å². The van der Waals surface area contributed by atoms with Crippen LogP contribution in [0.1, 0.15) is 86.2 Å². The Balaban J connectivity index is 1.30. The number of pyridine rings is 1. The second-order valence-electron chi connectivity index (χ2n) is 12.5. The van der Waals surface area contributed by atoms with Crippen molar-refractivity contribution in [3.05, 3.63) is 58.2 Å². The van der Waals surface area contributed by atoms with Crippen molar-refractivity contribution in [2.75, 3.05) is 32.1 Å². The molecule has 1 amide bonds. The van der Waals surface area contributed by atoms with E-state index in [9.17, 15) is 13.6 Å². The van der Waals surface area contributed by atoms with Gasteiger partial charge in [-0.2, -0.15) is 0 Å². The van der Waals surface area contributed by atoms with E-state index in [1.54, 1.807) is 0 Å². The van der Waals surface area contributed by atoms with E-state index in [1.807, 2.05) is 23.6 Å². The molecular formula is C33H40F2N4O3S. The summed E-state index contributed by atoms with van der Waals surface area (Å²) in [6, 6.07) is 3.67. The van der Waals surface area contributed by atoms with Gasteiger partial charge in [-0.15, -0.1) is 22.0 Å². The molecule has 7 nitrogen and oxygen atoms in total. The molecule has 3 aliphatic rings. The zero-order valence-corrected chi connectivity index (χ0v) is 26.0. The first kappa shape index (κ1) is 30.2. The molecule has 1 atom stereocenters. The molecule has 0 aliphatic carbocycles. The minimum atomic E-state index is -0.927. The molecule has 5 heterocycles. The number of carbonyl (C=O) groups excluding carboxylic acids is 1. The third kappa shape index (κ3) is 6.50. The normalized spacial score (nSPS) is 19.8. The molecule has 230 valence electrons. The van der Waals surface area contributed by atoms with Crippen LogP contribution in [0.5, 0.6) is 0 Å².